The van der Waals surface area contributed by atoms with Crippen molar-refractivity contribution in [3.8, 4) is 11.3 Å². The number of hydrogen-bond acceptors (Lipinski definition) is 4. The summed E-state index contributed by atoms with van der Waals surface area (Å²) in [4.78, 5) is 7.72. The van der Waals surface area contributed by atoms with Gasteiger partial charge in [-0.15, -0.1) is 22.7 Å². The zero-order chi connectivity index (χ0) is 24.2. The normalized spacial score (nSPS) is 12.4. The van der Waals surface area contributed by atoms with E-state index in [2.05, 4.69) is 84.5 Å². The molecule has 0 bridgehead atoms. The van der Waals surface area contributed by atoms with E-state index in [0.717, 1.165) is 12.1 Å². The first-order valence-corrected chi connectivity index (χ1v) is 14.3. The van der Waals surface area contributed by atoms with Crippen LogP contribution in [0.2, 0.25) is 0 Å². The first-order chi connectivity index (χ1) is 16.2. The van der Waals surface area contributed by atoms with E-state index in [0.29, 0.717) is 5.92 Å². The Bertz CT molecular complexity index is 1540. The molecule has 0 unspecified atom stereocenters. The minimum Gasteiger partial charge on any atom is -0.256 e. The Morgan fingerprint density at radius 2 is 1.76 bits per heavy atom. The molecule has 0 N–H and O–H groups in total. The van der Waals surface area contributed by atoms with Crippen LogP contribution in [0, 0.1) is 12.8 Å². The van der Waals surface area contributed by atoms with Crippen molar-refractivity contribution < 1.29 is 0 Å². The Morgan fingerprint density at radius 1 is 1.00 bits per heavy atom. The second-order valence-electron chi connectivity index (χ2n) is 10.5. The maximum atomic E-state index is 4.93. The van der Waals surface area contributed by atoms with Crippen molar-refractivity contribution in [2.45, 2.75) is 58.3 Å². The van der Waals surface area contributed by atoms with E-state index in [-0.39, 0.29) is 5.41 Å². The van der Waals surface area contributed by atoms with Gasteiger partial charge in [0.15, 0.2) is 0 Å². The molecule has 0 atom stereocenters. The molecule has 0 aliphatic carbocycles. The summed E-state index contributed by atoms with van der Waals surface area (Å²) < 4.78 is 4.06. The molecule has 0 aliphatic heterocycles. The summed E-state index contributed by atoms with van der Waals surface area (Å²) in [5, 5.41) is 5.92. The summed E-state index contributed by atoms with van der Waals surface area (Å²) in [5.41, 5.74) is 5.09. The molecular weight excluding hydrogens is 471 g/mol. The molecule has 1 nitrogen and oxygen atoms in total. The molecule has 5 rings (SSSR count). The summed E-state index contributed by atoms with van der Waals surface area (Å²) in [6.45, 7) is 17.7. The molecule has 0 radical (unpaired) electrons. The lowest BCUT2D eigenvalue weighted by molar-refractivity contribution is 0.578. The maximum Gasteiger partial charge on any atom is 0.0795 e. The van der Waals surface area contributed by atoms with Crippen molar-refractivity contribution in [2.24, 2.45) is 5.92 Å². The highest BCUT2D eigenvalue weighted by molar-refractivity contribution is 8.02. The maximum absolute atomic E-state index is 4.93. The molecule has 0 saturated heterocycles. The summed E-state index contributed by atoms with van der Waals surface area (Å²) in [5.74, 6) is 0.670. The zero-order valence-electron chi connectivity index (χ0n) is 20.8. The molecule has 0 fully saturated rings. The van der Waals surface area contributed by atoms with Crippen molar-refractivity contribution in [2.75, 3.05) is 0 Å². The van der Waals surface area contributed by atoms with Crippen LogP contribution in [0.5, 0.6) is 0 Å². The Kier molecular flexibility index (Phi) is 6.12. The number of rotatable bonds is 5. The average Bonchev–Trinajstić information content (AvgIpc) is 3.28. The molecule has 3 aromatic heterocycles. The third kappa shape index (κ3) is 4.10. The van der Waals surface area contributed by atoms with Crippen molar-refractivity contribution in [1.29, 1.82) is 0 Å². The van der Waals surface area contributed by atoms with Crippen LogP contribution in [-0.2, 0) is 11.8 Å². The van der Waals surface area contributed by atoms with Gasteiger partial charge in [0.05, 0.1) is 5.69 Å². The Hall–Kier alpha value is -2.14. The van der Waals surface area contributed by atoms with E-state index >= 15 is 0 Å². The van der Waals surface area contributed by atoms with Crippen LogP contribution in [-0.4, -0.2) is 4.98 Å². The number of nitrogens with zero attached hydrogens (tertiary/aromatic N) is 1. The minimum absolute atomic E-state index is 0.0404. The van der Waals surface area contributed by atoms with Gasteiger partial charge < -0.3 is 0 Å². The molecule has 174 valence electrons. The smallest absolute Gasteiger partial charge is 0.0795 e. The molecule has 2 aromatic carbocycles. The fraction of sp³-hybridized carbons (Fsp3) is 0.300. The second kappa shape index (κ2) is 8.82. The first-order valence-electron chi connectivity index (χ1n) is 11.8. The molecule has 0 aliphatic rings. The highest BCUT2D eigenvalue weighted by atomic mass is 32.2. The second-order valence-corrected chi connectivity index (χ2v) is 13.7. The lowest BCUT2D eigenvalue weighted by atomic mass is 9.85. The molecule has 34 heavy (non-hydrogen) atoms. The number of thiophene rings is 2. The summed E-state index contributed by atoms with van der Waals surface area (Å²) in [7, 11) is 0. The fourth-order valence-corrected chi connectivity index (χ4v) is 8.19. The molecular formula is C30H31NS3. The van der Waals surface area contributed by atoms with Crippen LogP contribution >= 0.6 is 34.4 Å². The van der Waals surface area contributed by atoms with Gasteiger partial charge in [0.25, 0.3) is 0 Å². The van der Waals surface area contributed by atoms with E-state index in [4.69, 9.17) is 4.98 Å². The number of pyridine rings is 1. The van der Waals surface area contributed by atoms with Crippen LogP contribution < -0.4 is 0 Å². The summed E-state index contributed by atoms with van der Waals surface area (Å²) in [6.07, 6.45) is 3.11. The van der Waals surface area contributed by atoms with Gasteiger partial charge in [-0.25, -0.2) is 0 Å². The number of fused-ring (bicyclic) bond motifs is 4. The van der Waals surface area contributed by atoms with Crippen molar-refractivity contribution >= 4 is 64.7 Å². The topological polar surface area (TPSA) is 12.9 Å². The van der Waals surface area contributed by atoms with Gasteiger partial charge in [-0.3, -0.25) is 4.98 Å². The predicted molar refractivity (Wildman–Crippen MR) is 156 cm³/mol. The van der Waals surface area contributed by atoms with Gasteiger partial charge in [0.2, 0.25) is 0 Å². The van der Waals surface area contributed by atoms with Gasteiger partial charge in [-0.1, -0.05) is 59.0 Å². The predicted octanol–water partition coefficient (Wildman–Crippen LogP) is 10.4. The lowest BCUT2D eigenvalue weighted by Crippen LogP contribution is -2.12. The fourth-order valence-electron chi connectivity index (χ4n) is 4.73. The van der Waals surface area contributed by atoms with Gasteiger partial charge in [-0.05, 0) is 76.9 Å². The number of benzene rings is 2. The minimum atomic E-state index is 0.0404. The van der Waals surface area contributed by atoms with Gasteiger partial charge >= 0.3 is 0 Å². The first kappa shape index (κ1) is 23.6. The molecule has 3 heterocycles. The van der Waals surface area contributed by atoms with E-state index < -0.39 is 0 Å². The average molecular weight is 502 g/mol. The Morgan fingerprint density at radius 3 is 2.47 bits per heavy atom. The summed E-state index contributed by atoms with van der Waals surface area (Å²) >= 11 is 5.55. The number of aryl methyl sites for hydroxylation is 1. The van der Waals surface area contributed by atoms with E-state index in [1.165, 1.54) is 56.7 Å². The Balaban J connectivity index is 1.76. The van der Waals surface area contributed by atoms with Crippen molar-refractivity contribution in [3.63, 3.8) is 0 Å². The Labute approximate surface area is 214 Å². The van der Waals surface area contributed by atoms with Crippen LogP contribution in [0.3, 0.4) is 0 Å². The number of aromatic nitrogens is 1. The largest absolute Gasteiger partial charge is 0.256 e. The third-order valence-corrected chi connectivity index (χ3v) is 9.58. The van der Waals surface area contributed by atoms with Crippen molar-refractivity contribution in [1.82, 2.24) is 4.98 Å². The molecule has 4 heteroatoms. The molecule has 0 spiro atoms. The van der Waals surface area contributed by atoms with E-state index in [1.807, 2.05) is 34.3 Å². The monoisotopic (exact) mass is 501 g/mol. The molecule has 5 aromatic rings. The number of hydrogen-bond donors (Lipinski definition) is 0. The molecule has 0 amide bonds. The highest BCUT2D eigenvalue weighted by Gasteiger charge is 2.21. The van der Waals surface area contributed by atoms with Crippen LogP contribution in [0.15, 0.2) is 59.5 Å². The number of thioether (sulfide) groups is 1. The zero-order valence-corrected chi connectivity index (χ0v) is 23.2. The van der Waals surface area contributed by atoms with Gasteiger partial charge in [-0.2, -0.15) is 0 Å². The van der Waals surface area contributed by atoms with Crippen molar-refractivity contribution in [3.05, 3.63) is 70.6 Å². The molecule has 0 saturated carbocycles. The quantitative estimate of drug-likeness (QED) is 0.222. The summed E-state index contributed by atoms with van der Waals surface area (Å²) in [6, 6.07) is 13.8. The standard InChI is InChI=1S/C30H31NS3/c1-8-32-23-10-9-19(14-22(23)30(5,6)7)29-28-21-15-20-18(4)25(13-17(2)3)34-26(20)16-27(21)33-24(28)11-12-31-29/h8-12,14-17H,1,13H2,2-7H3. The SMILES string of the molecule is C=CSc1ccc(-c2nccc3sc4cc5sc(CC(C)C)c(C)c5cc4c23)cc1C(C)(C)C. The highest BCUT2D eigenvalue weighted by Crippen LogP contribution is 2.44. The van der Waals surface area contributed by atoms with E-state index in [9.17, 15) is 0 Å². The van der Waals surface area contributed by atoms with Crippen LogP contribution in [0.4, 0.5) is 0 Å². The van der Waals surface area contributed by atoms with Crippen LogP contribution in [0.25, 0.3) is 41.5 Å². The van der Waals surface area contributed by atoms with Gasteiger partial charge in [0, 0.05) is 46.4 Å². The van der Waals surface area contributed by atoms with E-state index in [1.54, 1.807) is 11.8 Å². The van der Waals surface area contributed by atoms with Crippen LogP contribution in [0.1, 0.15) is 50.6 Å². The van der Waals surface area contributed by atoms with Gasteiger partial charge in [0.1, 0.15) is 0 Å². The third-order valence-electron chi connectivity index (χ3n) is 6.40. The lowest BCUT2D eigenvalue weighted by Gasteiger charge is -2.23.